The minimum Gasteiger partial charge on any atom is -0.466 e. The summed E-state index contributed by atoms with van der Waals surface area (Å²) in [5, 5.41) is 31.1. The molecule has 5 atom stereocenters. The van der Waals surface area contributed by atoms with E-state index in [0.717, 1.165) is 32.1 Å². The summed E-state index contributed by atoms with van der Waals surface area (Å²) in [6.45, 7) is 2.57. The average molecular weight is 445 g/mol. The lowest BCUT2D eigenvalue weighted by Crippen LogP contribution is -2.20. The molecule has 3 N–H and O–H groups in total. The second-order valence-corrected chi connectivity index (χ2v) is 8.76. The molecule has 0 heterocycles. The van der Waals surface area contributed by atoms with Gasteiger partial charge in [-0.2, -0.15) is 0 Å². The molecule has 1 aliphatic carbocycles. The van der Waals surface area contributed by atoms with Crippen LogP contribution < -0.4 is 0 Å². The van der Waals surface area contributed by atoms with Gasteiger partial charge in [0.2, 0.25) is 0 Å². The van der Waals surface area contributed by atoms with Gasteiger partial charge in [-0.25, -0.2) is 0 Å². The van der Waals surface area contributed by atoms with Crippen LogP contribution in [0.25, 0.3) is 0 Å². The minimum atomic E-state index is -0.598. The van der Waals surface area contributed by atoms with E-state index >= 15 is 0 Å². The monoisotopic (exact) mass is 444 g/mol. The molecule has 178 valence electrons. The Morgan fingerprint density at radius 3 is 2.69 bits per heavy atom. The van der Waals surface area contributed by atoms with Gasteiger partial charge in [0.15, 0.2) is 0 Å². The number of carbonyl (C=O) groups is 1. The second kappa shape index (κ2) is 15.0. The summed E-state index contributed by atoms with van der Waals surface area (Å²) in [6.07, 6.45) is 12.3. The van der Waals surface area contributed by atoms with Gasteiger partial charge >= 0.3 is 5.97 Å². The summed E-state index contributed by atoms with van der Waals surface area (Å²) in [7, 11) is 0. The minimum absolute atomic E-state index is 0.0715. The number of rotatable bonds is 14. The summed E-state index contributed by atoms with van der Waals surface area (Å²) in [4.78, 5) is 11.6. The van der Waals surface area contributed by atoms with Gasteiger partial charge in [-0.05, 0) is 50.0 Å². The van der Waals surface area contributed by atoms with Gasteiger partial charge in [-0.15, -0.1) is 0 Å². The van der Waals surface area contributed by atoms with Crippen molar-refractivity contribution < 1.29 is 24.9 Å². The SMILES string of the molecule is CCCCOC(=O)CCC/C=C\C[C@@H]1C(/C=C/[C@H](O)CCc2ccccc2)[C@H](O)C[C@@H]1O. The predicted octanol–water partition coefficient (Wildman–Crippen LogP) is 4.35. The lowest BCUT2D eigenvalue weighted by Gasteiger charge is -2.19. The molecule has 32 heavy (non-hydrogen) atoms. The highest BCUT2D eigenvalue weighted by molar-refractivity contribution is 5.69. The van der Waals surface area contributed by atoms with Crippen LogP contribution >= 0.6 is 0 Å². The highest BCUT2D eigenvalue weighted by Crippen LogP contribution is 2.36. The van der Waals surface area contributed by atoms with Crippen LogP contribution in [-0.2, 0) is 16.0 Å². The number of allylic oxidation sites excluding steroid dienone is 2. The lowest BCUT2D eigenvalue weighted by molar-refractivity contribution is -0.143. The van der Waals surface area contributed by atoms with Gasteiger partial charge in [-0.1, -0.05) is 68.0 Å². The highest BCUT2D eigenvalue weighted by Gasteiger charge is 2.39. The van der Waals surface area contributed by atoms with E-state index in [1.807, 2.05) is 48.6 Å². The molecule has 0 aromatic heterocycles. The number of benzene rings is 1. The van der Waals surface area contributed by atoms with Crippen LogP contribution in [0.2, 0.25) is 0 Å². The van der Waals surface area contributed by atoms with Crippen molar-refractivity contribution in [1.82, 2.24) is 0 Å². The molecule has 0 radical (unpaired) electrons. The number of esters is 1. The maximum atomic E-state index is 11.6. The molecular weight excluding hydrogens is 404 g/mol. The molecule has 1 aromatic carbocycles. The zero-order chi connectivity index (χ0) is 23.2. The molecule has 1 unspecified atom stereocenters. The van der Waals surface area contributed by atoms with Crippen LogP contribution in [0.15, 0.2) is 54.6 Å². The van der Waals surface area contributed by atoms with E-state index in [0.29, 0.717) is 32.3 Å². The van der Waals surface area contributed by atoms with Gasteiger partial charge in [0.25, 0.3) is 0 Å². The Morgan fingerprint density at radius 1 is 1.16 bits per heavy atom. The summed E-state index contributed by atoms with van der Waals surface area (Å²) in [6, 6.07) is 10.1. The Bertz CT molecular complexity index is 699. The number of aryl methyl sites for hydroxylation is 1. The largest absolute Gasteiger partial charge is 0.466 e. The third-order valence-corrected chi connectivity index (χ3v) is 6.13. The van der Waals surface area contributed by atoms with Crippen molar-refractivity contribution in [2.45, 2.75) is 83.0 Å². The molecule has 0 amide bonds. The summed E-state index contributed by atoms with van der Waals surface area (Å²) in [5.74, 6) is -0.385. The van der Waals surface area contributed by atoms with E-state index < -0.39 is 18.3 Å². The molecule has 5 heteroatoms. The Kier molecular flexibility index (Phi) is 12.3. The average Bonchev–Trinajstić information content (AvgIpc) is 3.06. The van der Waals surface area contributed by atoms with Crippen molar-refractivity contribution in [3.8, 4) is 0 Å². The van der Waals surface area contributed by atoms with Crippen molar-refractivity contribution >= 4 is 5.97 Å². The van der Waals surface area contributed by atoms with E-state index in [9.17, 15) is 20.1 Å². The van der Waals surface area contributed by atoms with Crippen LogP contribution in [-0.4, -0.2) is 46.2 Å². The molecule has 1 aliphatic rings. The first kappa shape index (κ1) is 26.3. The van der Waals surface area contributed by atoms with Crippen LogP contribution in [0.5, 0.6) is 0 Å². The molecule has 1 fully saturated rings. The Hall–Kier alpha value is -1.95. The number of aliphatic hydroxyl groups excluding tert-OH is 3. The number of hydrogen-bond donors (Lipinski definition) is 3. The fourth-order valence-electron chi connectivity index (χ4n) is 4.16. The topological polar surface area (TPSA) is 87.0 Å². The summed E-state index contributed by atoms with van der Waals surface area (Å²) >= 11 is 0. The van der Waals surface area contributed by atoms with Crippen molar-refractivity contribution in [3.63, 3.8) is 0 Å². The van der Waals surface area contributed by atoms with Crippen molar-refractivity contribution in [2.24, 2.45) is 11.8 Å². The quantitative estimate of drug-likeness (QED) is 0.226. The molecule has 1 saturated carbocycles. The highest BCUT2D eigenvalue weighted by atomic mass is 16.5. The second-order valence-electron chi connectivity index (χ2n) is 8.76. The predicted molar refractivity (Wildman–Crippen MR) is 127 cm³/mol. The lowest BCUT2D eigenvalue weighted by atomic mass is 9.89. The van der Waals surface area contributed by atoms with Gasteiger partial charge in [0.05, 0.1) is 24.9 Å². The van der Waals surface area contributed by atoms with E-state index in [2.05, 4.69) is 6.92 Å². The fraction of sp³-hybridized carbons (Fsp3) is 0.593. The van der Waals surface area contributed by atoms with Gasteiger partial charge in [0.1, 0.15) is 0 Å². The fourth-order valence-corrected chi connectivity index (χ4v) is 4.16. The first-order valence-corrected chi connectivity index (χ1v) is 12.1. The normalized spacial score (nSPS) is 24.4. The molecule has 0 bridgehead atoms. The maximum absolute atomic E-state index is 11.6. The molecule has 0 spiro atoms. The Labute approximate surface area is 192 Å². The molecule has 5 nitrogen and oxygen atoms in total. The standard InChI is InChI=1S/C27H40O5/c1-2-3-19-32-27(31)14-10-5-4-9-13-23-24(26(30)20-25(23)29)18-17-22(28)16-15-21-11-7-6-8-12-21/h4,6-9,11-12,17-18,22-26,28-30H,2-3,5,10,13-16,19-20H2,1H3/b9-4-,18-17+/t22-,23-,24?,25+,26-/m1/s1. The zero-order valence-electron chi connectivity index (χ0n) is 19.3. The van der Waals surface area contributed by atoms with Crippen LogP contribution in [0.3, 0.4) is 0 Å². The van der Waals surface area contributed by atoms with Crippen molar-refractivity contribution in [1.29, 1.82) is 0 Å². The van der Waals surface area contributed by atoms with E-state index in [1.165, 1.54) is 5.56 Å². The molecule has 2 rings (SSSR count). The molecular formula is C27H40O5. The van der Waals surface area contributed by atoms with Gasteiger partial charge < -0.3 is 20.1 Å². The summed E-state index contributed by atoms with van der Waals surface area (Å²) in [5.41, 5.74) is 1.19. The number of ether oxygens (including phenoxy) is 1. The van der Waals surface area contributed by atoms with E-state index in [-0.39, 0.29) is 17.8 Å². The number of aliphatic hydroxyl groups is 3. The van der Waals surface area contributed by atoms with E-state index in [1.54, 1.807) is 6.08 Å². The molecule has 0 aliphatic heterocycles. The van der Waals surface area contributed by atoms with Crippen molar-refractivity contribution in [2.75, 3.05) is 6.61 Å². The number of carbonyl (C=O) groups excluding carboxylic acids is 1. The number of unbranched alkanes of at least 4 members (excludes halogenated alkanes) is 2. The third kappa shape index (κ3) is 9.68. The van der Waals surface area contributed by atoms with Gasteiger partial charge in [0, 0.05) is 18.8 Å². The maximum Gasteiger partial charge on any atom is 0.305 e. The smallest absolute Gasteiger partial charge is 0.305 e. The van der Waals surface area contributed by atoms with Gasteiger partial charge in [-0.3, -0.25) is 4.79 Å². The molecule has 1 aromatic rings. The zero-order valence-corrected chi connectivity index (χ0v) is 19.3. The van der Waals surface area contributed by atoms with Crippen molar-refractivity contribution in [3.05, 3.63) is 60.2 Å². The molecule has 0 saturated heterocycles. The van der Waals surface area contributed by atoms with Crippen LogP contribution in [0.4, 0.5) is 0 Å². The van der Waals surface area contributed by atoms with Crippen LogP contribution in [0.1, 0.15) is 63.9 Å². The number of hydrogen-bond acceptors (Lipinski definition) is 5. The Morgan fingerprint density at radius 2 is 1.94 bits per heavy atom. The van der Waals surface area contributed by atoms with Crippen LogP contribution in [0, 0.1) is 11.8 Å². The van der Waals surface area contributed by atoms with E-state index in [4.69, 9.17) is 4.74 Å². The Balaban J connectivity index is 1.73. The first-order valence-electron chi connectivity index (χ1n) is 12.1. The first-order chi connectivity index (χ1) is 15.5. The third-order valence-electron chi connectivity index (χ3n) is 6.13. The summed E-state index contributed by atoms with van der Waals surface area (Å²) < 4.78 is 5.15.